The first-order chi connectivity index (χ1) is 10.6. The lowest BCUT2D eigenvalue weighted by molar-refractivity contribution is -0.315. The molecule has 0 heterocycles. The van der Waals surface area contributed by atoms with E-state index in [0.717, 1.165) is 0 Å². The molecule has 0 aliphatic rings. The van der Waals surface area contributed by atoms with Crippen molar-refractivity contribution in [3.05, 3.63) is 0 Å². The van der Waals surface area contributed by atoms with Gasteiger partial charge in [-0.2, -0.15) is 0 Å². The molecule has 0 aromatic rings. The number of ether oxygens (including phenoxy) is 4. The van der Waals surface area contributed by atoms with Crippen LogP contribution in [-0.4, -0.2) is 67.0 Å². The molecule has 0 bridgehead atoms. The van der Waals surface area contributed by atoms with E-state index in [-0.39, 0.29) is 6.10 Å². The summed E-state index contributed by atoms with van der Waals surface area (Å²) >= 11 is 0. The van der Waals surface area contributed by atoms with Crippen molar-refractivity contribution in [1.82, 2.24) is 0 Å². The van der Waals surface area contributed by atoms with Crippen molar-refractivity contribution in [2.75, 3.05) is 40.1 Å². The molecule has 6 nitrogen and oxygen atoms in total. The second-order valence-electron chi connectivity index (χ2n) is 4.62. The molecule has 2 atom stereocenters. The van der Waals surface area contributed by atoms with Crippen LogP contribution in [0.25, 0.3) is 0 Å². The van der Waals surface area contributed by atoms with E-state index in [0.29, 0.717) is 33.0 Å². The van der Waals surface area contributed by atoms with Crippen LogP contribution < -0.4 is 0 Å². The zero-order valence-corrected chi connectivity index (χ0v) is 16.4. The van der Waals surface area contributed by atoms with Gasteiger partial charge in [-0.1, -0.05) is 0 Å². The molecule has 22 heavy (non-hydrogen) atoms. The van der Waals surface area contributed by atoms with Crippen LogP contribution in [0.1, 0.15) is 41.5 Å². The Kier molecular flexibility index (Phi) is 12.4. The summed E-state index contributed by atoms with van der Waals surface area (Å²) in [4.78, 5) is 0. The molecule has 0 rings (SSSR count). The Morgan fingerprint density at radius 2 is 1.32 bits per heavy atom. The van der Waals surface area contributed by atoms with Crippen molar-refractivity contribution >= 4 is 9.28 Å². The number of hydrogen-bond donors (Lipinski definition) is 0. The van der Waals surface area contributed by atoms with Crippen molar-refractivity contribution < 1.29 is 27.8 Å². The summed E-state index contributed by atoms with van der Waals surface area (Å²) in [6.07, 6.45) is -0.307. The maximum absolute atomic E-state index is 6.01. The third kappa shape index (κ3) is 5.88. The molecule has 0 aromatic carbocycles. The van der Waals surface area contributed by atoms with Gasteiger partial charge >= 0.3 is 9.28 Å². The van der Waals surface area contributed by atoms with Crippen molar-refractivity contribution in [1.29, 1.82) is 0 Å². The van der Waals surface area contributed by atoms with Gasteiger partial charge in [0, 0.05) is 40.1 Å². The molecule has 0 saturated heterocycles. The average molecular weight is 339 g/mol. The van der Waals surface area contributed by atoms with Crippen molar-refractivity contribution in [2.45, 2.75) is 59.2 Å². The maximum Gasteiger partial charge on any atom is 0.357 e. The molecule has 0 saturated carbocycles. The lowest BCUT2D eigenvalue weighted by Gasteiger charge is -2.44. The van der Waals surface area contributed by atoms with Crippen LogP contribution in [0.4, 0.5) is 0 Å². The van der Waals surface area contributed by atoms with E-state index in [2.05, 4.69) is 0 Å². The summed E-state index contributed by atoms with van der Waals surface area (Å²) in [7, 11) is -0.537. The minimum absolute atomic E-state index is 0.307. The SMILES string of the molecule is CCOC(C)C(OCC)(OCC)C(OC)[SiH](OCC)OCC. The summed E-state index contributed by atoms with van der Waals surface area (Å²) in [5, 5.41) is 0. The Hall–Kier alpha value is -0.0231. The summed E-state index contributed by atoms with van der Waals surface area (Å²) in [5.74, 6) is -1.03. The van der Waals surface area contributed by atoms with Gasteiger partial charge in [-0.3, -0.25) is 0 Å². The molecule has 0 spiro atoms. The zero-order chi connectivity index (χ0) is 17.0. The van der Waals surface area contributed by atoms with Crippen LogP contribution in [0.2, 0.25) is 0 Å². The van der Waals surface area contributed by atoms with E-state index in [4.69, 9.17) is 27.8 Å². The third-order valence-corrected chi connectivity index (χ3v) is 5.84. The first-order valence-electron chi connectivity index (χ1n) is 8.23. The van der Waals surface area contributed by atoms with E-state index in [9.17, 15) is 0 Å². The highest BCUT2D eigenvalue weighted by molar-refractivity contribution is 6.46. The van der Waals surface area contributed by atoms with Gasteiger partial charge in [-0.25, -0.2) is 0 Å². The van der Waals surface area contributed by atoms with Gasteiger partial charge < -0.3 is 27.8 Å². The summed E-state index contributed by atoms with van der Waals surface area (Å²) < 4.78 is 35.2. The van der Waals surface area contributed by atoms with Crippen LogP contribution in [0.15, 0.2) is 0 Å². The highest BCUT2D eigenvalue weighted by Crippen LogP contribution is 2.30. The number of hydrogen-bond acceptors (Lipinski definition) is 6. The minimum atomic E-state index is -2.17. The van der Waals surface area contributed by atoms with E-state index in [1.54, 1.807) is 7.11 Å². The summed E-state index contributed by atoms with van der Waals surface area (Å²) in [6, 6.07) is 0. The van der Waals surface area contributed by atoms with E-state index in [1.807, 2.05) is 41.5 Å². The highest BCUT2D eigenvalue weighted by atomic mass is 28.3. The predicted molar refractivity (Wildman–Crippen MR) is 88.3 cm³/mol. The molecule has 0 amide bonds. The lowest BCUT2D eigenvalue weighted by Crippen LogP contribution is -2.63. The highest BCUT2D eigenvalue weighted by Gasteiger charge is 2.52. The largest absolute Gasteiger partial charge is 0.395 e. The van der Waals surface area contributed by atoms with Crippen molar-refractivity contribution in [3.8, 4) is 0 Å². The molecule has 0 radical (unpaired) electrons. The van der Waals surface area contributed by atoms with Gasteiger partial charge in [0.1, 0.15) is 6.10 Å². The Morgan fingerprint density at radius 3 is 1.64 bits per heavy atom. The molecule has 0 N–H and O–H groups in total. The van der Waals surface area contributed by atoms with Gasteiger partial charge in [0.15, 0.2) is 5.73 Å². The molecule has 2 unspecified atom stereocenters. The normalized spacial score (nSPS) is 15.3. The molecule has 0 aliphatic carbocycles. The first kappa shape index (κ1) is 22.0. The molecule has 7 heteroatoms. The molecular weight excluding hydrogens is 304 g/mol. The van der Waals surface area contributed by atoms with E-state index < -0.39 is 20.8 Å². The summed E-state index contributed by atoms with van der Waals surface area (Å²) in [5.41, 5.74) is -0.436. The fraction of sp³-hybridized carbons (Fsp3) is 1.00. The average Bonchev–Trinajstić information content (AvgIpc) is 2.49. The van der Waals surface area contributed by atoms with Gasteiger partial charge in [0.05, 0.1) is 0 Å². The summed E-state index contributed by atoms with van der Waals surface area (Å²) in [6.45, 7) is 14.3. The van der Waals surface area contributed by atoms with Crippen molar-refractivity contribution in [2.24, 2.45) is 0 Å². The first-order valence-corrected chi connectivity index (χ1v) is 9.84. The Balaban J connectivity index is 5.60. The van der Waals surface area contributed by atoms with Gasteiger partial charge in [0.2, 0.25) is 5.79 Å². The standard InChI is InChI=1S/C15H34O6Si/c1-8-17-13(6)15(18-9-2,19-10-3)14(16-7)22(20-11-4)21-12-5/h13-14,22H,8-12H2,1-7H3. The van der Waals surface area contributed by atoms with Crippen LogP contribution in [-0.2, 0) is 27.8 Å². The third-order valence-electron chi connectivity index (χ3n) is 3.28. The number of rotatable bonds is 14. The van der Waals surface area contributed by atoms with Crippen LogP contribution >= 0.6 is 0 Å². The molecule has 134 valence electrons. The number of methoxy groups -OCH3 is 1. The molecule has 0 aromatic heterocycles. The molecular formula is C15H34O6Si. The quantitative estimate of drug-likeness (QED) is 0.357. The van der Waals surface area contributed by atoms with Crippen LogP contribution in [0.5, 0.6) is 0 Å². The monoisotopic (exact) mass is 338 g/mol. The Labute approximate surface area is 137 Å². The van der Waals surface area contributed by atoms with E-state index >= 15 is 0 Å². The van der Waals surface area contributed by atoms with Crippen molar-refractivity contribution in [3.63, 3.8) is 0 Å². The second kappa shape index (κ2) is 12.4. The second-order valence-corrected chi connectivity index (χ2v) is 6.63. The van der Waals surface area contributed by atoms with Crippen LogP contribution in [0.3, 0.4) is 0 Å². The predicted octanol–water partition coefficient (Wildman–Crippen LogP) is 2.03. The topological polar surface area (TPSA) is 55.4 Å². The fourth-order valence-electron chi connectivity index (χ4n) is 2.51. The Bertz CT molecular complexity index is 254. The minimum Gasteiger partial charge on any atom is -0.395 e. The maximum atomic E-state index is 6.01. The van der Waals surface area contributed by atoms with E-state index in [1.165, 1.54) is 0 Å². The molecule has 0 aliphatic heterocycles. The Morgan fingerprint density at radius 1 is 0.818 bits per heavy atom. The fourth-order valence-corrected chi connectivity index (χ4v) is 4.67. The van der Waals surface area contributed by atoms with Gasteiger partial charge in [0.25, 0.3) is 0 Å². The lowest BCUT2D eigenvalue weighted by atomic mass is 10.1. The van der Waals surface area contributed by atoms with Gasteiger partial charge in [-0.05, 0) is 41.5 Å². The van der Waals surface area contributed by atoms with Gasteiger partial charge in [-0.15, -0.1) is 0 Å². The molecule has 0 fully saturated rings. The van der Waals surface area contributed by atoms with Crippen LogP contribution in [0, 0.1) is 0 Å². The zero-order valence-electron chi connectivity index (χ0n) is 15.2. The smallest absolute Gasteiger partial charge is 0.357 e.